The van der Waals surface area contributed by atoms with E-state index in [1.165, 1.54) is 12.8 Å². The number of hydrogen-bond donors (Lipinski definition) is 0. The molecule has 1 unspecified atom stereocenters. The highest BCUT2D eigenvalue weighted by atomic mass is 79.9. The zero-order chi connectivity index (χ0) is 11.5. The number of carbonyl (C=O) groups excluding carboxylic acids is 1. The fourth-order valence-corrected chi connectivity index (χ4v) is 3.63. The average molecular weight is 299 g/mol. The standard InChI is InChI=1S/C13H15BrOS/c1-9-10(5-4-6-11(9)14)13(15)12-7-2-3-8-16-12/h4-6,12H,2-3,7-8H2,1H3. The number of thioether (sulfide) groups is 1. The molecule has 0 saturated carbocycles. The van der Waals surface area contributed by atoms with Crippen LogP contribution in [0.2, 0.25) is 0 Å². The monoisotopic (exact) mass is 298 g/mol. The number of hydrogen-bond acceptors (Lipinski definition) is 2. The van der Waals surface area contributed by atoms with E-state index in [0.29, 0.717) is 5.78 Å². The molecule has 3 heteroatoms. The molecular weight excluding hydrogens is 284 g/mol. The van der Waals surface area contributed by atoms with Crippen molar-refractivity contribution < 1.29 is 4.79 Å². The van der Waals surface area contributed by atoms with Crippen LogP contribution in [0.3, 0.4) is 0 Å². The summed E-state index contributed by atoms with van der Waals surface area (Å²) in [4.78, 5) is 12.3. The van der Waals surface area contributed by atoms with Gasteiger partial charge in [-0.1, -0.05) is 34.5 Å². The highest BCUT2D eigenvalue weighted by Gasteiger charge is 2.24. The third-order valence-electron chi connectivity index (χ3n) is 3.01. The van der Waals surface area contributed by atoms with E-state index >= 15 is 0 Å². The lowest BCUT2D eigenvalue weighted by molar-refractivity contribution is 0.0984. The topological polar surface area (TPSA) is 17.1 Å². The van der Waals surface area contributed by atoms with Crippen LogP contribution in [-0.4, -0.2) is 16.8 Å². The average Bonchev–Trinajstić information content (AvgIpc) is 2.33. The summed E-state index contributed by atoms with van der Waals surface area (Å²) in [5.41, 5.74) is 1.95. The lowest BCUT2D eigenvalue weighted by Gasteiger charge is -2.20. The fraction of sp³-hybridized carbons (Fsp3) is 0.462. The molecule has 0 aromatic heterocycles. The first-order chi connectivity index (χ1) is 7.70. The van der Waals surface area contributed by atoms with E-state index < -0.39 is 0 Å². The molecule has 86 valence electrons. The van der Waals surface area contributed by atoms with Crippen LogP contribution in [0.5, 0.6) is 0 Å². The summed E-state index contributed by atoms with van der Waals surface area (Å²) in [6.07, 6.45) is 3.48. The van der Waals surface area contributed by atoms with Crippen molar-refractivity contribution in [1.82, 2.24) is 0 Å². The quantitative estimate of drug-likeness (QED) is 0.760. The molecule has 1 heterocycles. The van der Waals surface area contributed by atoms with E-state index in [1.807, 2.05) is 36.9 Å². The molecule has 1 aliphatic rings. The van der Waals surface area contributed by atoms with Crippen molar-refractivity contribution in [1.29, 1.82) is 0 Å². The molecule has 1 fully saturated rings. The summed E-state index contributed by atoms with van der Waals surface area (Å²) < 4.78 is 1.03. The summed E-state index contributed by atoms with van der Waals surface area (Å²) in [7, 11) is 0. The Bertz CT molecular complexity index is 397. The molecular formula is C13H15BrOS. The molecule has 0 bridgehead atoms. The molecule has 0 spiro atoms. The van der Waals surface area contributed by atoms with Crippen molar-refractivity contribution in [3.05, 3.63) is 33.8 Å². The number of ketones is 1. The van der Waals surface area contributed by atoms with Gasteiger partial charge >= 0.3 is 0 Å². The number of carbonyl (C=O) groups is 1. The molecule has 1 saturated heterocycles. The molecule has 1 aromatic rings. The van der Waals surface area contributed by atoms with Crippen molar-refractivity contribution in [2.75, 3.05) is 5.75 Å². The van der Waals surface area contributed by atoms with Crippen molar-refractivity contribution >= 4 is 33.5 Å². The van der Waals surface area contributed by atoms with Crippen LogP contribution in [0.1, 0.15) is 35.2 Å². The van der Waals surface area contributed by atoms with E-state index in [-0.39, 0.29) is 5.25 Å². The van der Waals surface area contributed by atoms with Gasteiger partial charge in [0.15, 0.2) is 5.78 Å². The largest absolute Gasteiger partial charge is 0.293 e. The molecule has 0 radical (unpaired) electrons. The van der Waals surface area contributed by atoms with Gasteiger partial charge in [-0.2, -0.15) is 11.8 Å². The minimum atomic E-state index is 0.182. The van der Waals surface area contributed by atoms with Crippen molar-refractivity contribution in [2.45, 2.75) is 31.4 Å². The minimum Gasteiger partial charge on any atom is -0.293 e. The van der Waals surface area contributed by atoms with Gasteiger partial charge in [0.2, 0.25) is 0 Å². The van der Waals surface area contributed by atoms with Crippen LogP contribution in [0.15, 0.2) is 22.7 Å². The predicted octanol–water partition coefficient (Wildman–Crippen LogP) is 4.23. The van der Waals surface area contributed by atoms with E-state index in [9.17, 15) is 4.79 Å². The van der Waals surface area contributed by atoms with Crippen molar-refractivity contribution in [3.63, 3.8) is 0 Å². The minimum absolute atomic E-state index is 0.182. The summed E-state index contributed by atoms with van der Waals surface area (Å²) in [6, 6.07) is 5.87. The molecule has 16 heavy (non-hydrogen) atoms. The van der Waals surface area contributed by atoms with Crippen molar-refractivity contribution in [3.8, 4) is 0 Å². The molecule has 2 rings (SSSR count). The summed E-state index contributed by atoms with van der Waals surface area (Å²) >= 11 is 5.30. The lowest BCUT2D eigenvalue weighted by Crippen LogP contribution is -2.21. The Kier molecular flexibility index (Phi) is 4.09. The number of rotatable bonds is 2. The van der Waals surface area contributed by atoms with Gasteiger partial charge in [-0.15, -0.1) is 0 Å². The Balaban J connectivity index is 2.22. The smallest absolute Gasteiger partial charge is 0.176 e. The maximum atomic E-state index is 12.3. The number of Topliss-reactive ketones (excluding diaryl/α,β-unsaturated/α-hetero) is 1. The van der Waals surface area contributed by atoms with E-state index in [4.69, 9.17) is 0 Å². The first kappa shape index (κ1) is 12.2. The highest BCUT2D eigenvalue weighted by molar-refractivity contribution is 9.10. The zero-order valence-corrected chi connectivity index (χ0v) is 11.7. The van der Waals surface area contributed by atoms with Gasteiger partial charge in [-0.3, -0.25) is 4.79 Å². The Hall–Kier alpha value is -0.280. The molecule has 1 aromatic carbocycles. The molecule has 0 amide bonds. The van der Waals surface area contributed by atoms with Gasteiger partial charge in [0.1, 0.15) is 0 Å². The molecule has 0 aliphatic carbocycles. The first-order valence-corrected chi connectivity index (χ1v) is 7.45. The van der Waals surface area contributed by atoms with Gasteiger partial charge in [0.25, 0.3) is 0 Å². The zero-order valence-electron chi connectivity index (χ0n) is 9.33. The summed E-state index contributed by atoms with van der Waals surface area (Å²) in [5.74, 6) is 1.44. The molecule has 1 nitrogen and oxygen atoms in total. The van der Waals surface area contributed by atoms with Crippen LogP contribution < -0.4 is 0 Å². The fourth-order valence-electron chi connectivity index (χ4n) is 2.00. The van der Waals surface area contributed by atoms with Crippen LogP contribution in [0.4, 0.5) is 0 Å². The SMILES string of the molecule is Cc1c(Br)cccc1C(=O)C1CCCCS1. The van der Waals surface area contributed by atoms with Gasteiger partial charge < -0.3 is 0 Å². The normalized spacial score (nSPS) is 20.8. The summed E-state index contributed by atoms with van der Waals surface area (Å²) in [6.45, 7) is 2.00. The third-order valence-corrected chi connectivity index (χ3v) is 5.24. The van der Waals surface area contributed by atoms with E-state index in [1.54, 1.807) is 0 Å². The number of halogens is 1. The van der Waals surface area contributed by atoms with Gasteiger partial charge in [-0.05, 0) is 37.1 Å². The molecule has 1 aliphatic heterocycles. The Labute approximate surface area is 109 Å². The number of benzene rings is 1. The Morgan fingerprint density at radius 2 is 2.25 bits per heavy atom. The van der Waals surface area contributed by atoms with E-state index in [2.05, 4.69) is 15.9 Å². The van der Waals surface area contributed by atoms with Gasteiger partial charge in [0, 0.05) is 10.0 Å². The second-order valence-corrected chi connectivity index (χ2v) is 6.30. The first-order valence-electron chi connectivity index (χ1n) is 5.61. The second kappa shape index (κ2) is 5.37. The lowest BCUT2D eigenvalue weighted by atomic mass is 10.00. The van der Waals surface area contributed by atoms with Crippen molar-refractivity contribution in [2.24, 2.45) is 0 Å². The Morgan fingerprint density at radius 3 is 2.94 bits per heavy atom. The molecule has 0 N–H and O–H groups in total. The summed E-state index contributed by atoms with van der Waals surface area (Å²) in [5, 5.41) is 0.182. The van der Waals surface area contributed by atoms with Crippen LogP contribution in [-0.2, 0) is 0 Å². The highest BCUT2D eigenvalue weighted by Crippen LogP contribution is 2.30. The van der Waals surface area contributed by atoms with Gasteiger partial charge in [-0.25, -0.2) is 0 Å². The van der Waals surface area contributed by atoms with Crippen LogP contribution in [0.25, 0.3) is 0 Å². The van der Waals surface area contributed by atoms with E-state index in [0.717, 1.165) is 27.8 Å². The maximum absolute atomic E-state index is 12.3. The molecule has 1 atom stereocenters. The van der Waals surface area contributed by atoms with Gasteiger partial charge in [0.05, 0.1) is 5.25 Å². The van der Waals surface area contributed by atoms with Crippen LogP contribution >= 0.6 is 27.7 Å². The third kappa shape index (κ3) is 2.51. The Morgan fingerprint density at radius 1 is 1.44 bits per heavy atom. The van der Waals surface area contributed by atoms with Crippen LogP contribution in [0, 0.1) is 6.92 Å². The second-order valence-electron chi connectivity index (χ2n) is 4.13. The maximum Gasteiger partial charge on any atom is 0.176 e. The predicted molar refractivity (Wildman–Crippen MR) is 73.3 cm³/mol.